The average Bonchev–Trinajstić information content (AvgIpc) is 2.85. The Labute approximate surface area is 208 Å². The van der Waals surface area contributed by atoms with E-state index in [-0.39, 0.29) is 39.5 Å². The summed E-state index contributed by atoms with van der Waals surface area (Å²) in [6, 6.07) is 12.2. The monoisotopic (exact) mass is 508 g/mol. The second kappa shape index (κ2) is 10.1. The summed E-state index contributed by atoms with van der Waals surface area (Å²) < 4.78 is 16.0. The summed E-state index contributed by atoms with van der Waals surface area (Å²) in [7, 11) is 2.81. The van der Waals surface area contributed by atoms with Crippen molar-refractivity contribution in [3.8, 4) is 11.4 Å². The Morgan fingerprint density at radius 1 is 0.972 bits per heavy atom. The molecule has 2 heterocycles. The molecule has 184 valence electrons. The van der Waals surface area contributed by atoms with Crippen molar-refractivity contribution in [1.29, 1.82) is 0 Å². The number of carbonyl (C=O) groups excluding carboxylic acids is 2. The highest BCUT2D eigenvalue weighted by Gasteiger charge is 2.19. The number of hydrogen-bond acceptors (Lipinski definition) is 7. The summed E-state index contributed by atoms with van der Waals surface area (Å²) in [5, 5.41) is 5.64. The highest BCUT2D eigenvalue weighted by atomic mass is 32.2. The quantitative estimate of drug-likeness (QED) is 0.303. The zero-order valence-electron chi connectivity index (χ0n) is 19.5. The van der Waals surface area contributed by atoms with Gasteiger partial charge in [0.1, 0.15) is 16.2 Å². The first-order valence-electron chi connectivity index (χ1n) is 10.7. The normalized spacial score (nSPS) is 10.9. The maximum absolute atomic E-state index is 13.8. The molecule has 2 N–H and O–H groups in total. The summed E-state index contributed by atoms with van der Waals surface area (Å²) in [6.07, 6.45) is 0. The number of nitrogens with zero attached hydrogens (tertiary/aromatic N) is 4. The van der Waals surface area contributed by atoms with Crippen molar-refractivity contribution < 1.29 is 14.0 Å². The third-order valence-electron chi connectivity index (χ3n) is 5.18. The second-order valence-electron chi connectivity index (χ2n) is 7.86. The lowest BCUT2D eigenvalue weighted by atomic mass is 10.2. The van der Waals surface area contributed by atoms with Gasteiger partial charge in [0, 0.05) is 38.0 Å². The van der Waals surface area contributed by atoms with Gasteiger partial charge in [-0.05, 0) is 36.4 Å². The van der Waals surface area contributed by atoms with Crippen molar-refractivity contribution >= 4 is 46.0 Å². The topological polar surface area (TPSA) is 128 Å². The molecule has 0 spiro atoms. The first kappa shape index (κ1) is 24.8. The van der Waals surface area contributed by atoms with Crippen LogP contribution in [0.4, 0.5) is 15.8 Å². The van der Waals surface area contributed by atoms with Gasteiger partial charge in [-0.15, -0.1) is 0 Å². The van der Waals surface area contributed by atoms with Gasteiger partial charge in [0.2, 0.25) is 11.8 Å². The molecule has 10 nitrogen and oxygen atoms in total. The van der Waals surface area contributed by atoms with Crippen LogP contribution in [0.15, 0.2) is 63.1 Å². The molecule has 12 heteroatoms. The number of thioether (sulfide) groups is 1. The highest BCUT2D eigenvalue weighted by molar-refractivity contribution is 8.00. The Morgan fingerprint density at radius 2 is 1.64 bits per heavy atom. The van der Waals surface area contributed by atoms with Crippen molar-refractivity contribution in [1.82, 2.24) is 19.1 Å². The number of aryl methyl sites for hydroxylation is 1. The molecule has 0 saturated heterocycles. The van der Waals surface area contributed by atoms with Gasteiger partial charge < -0.3 is 10.6 Å². The zero-order valence-corrected chi connectivity index (χ0v) is 20.4. The molecule has 2 aromatic heterocycles. The molecule has 4 rings (SSSR count). The van der Waals surface area contributed by atoms with Crippen LogP contribution >= 0.6 is 11.8 Å². The van der Waals surface area contributed by atoms with Crippen molar-refractivity contribution in [3.05, 3.63) is 75.2 Å². The van der Waals surface area contributed by atoms with Crippen LogP contribution in [0.5, 0.6) is 0 Å². The van der Waals surface area contributed by atoms with Crippen molar-refractivity contribution in [3.63, 3.8) is 0 Å². The summed E-state index contributed by atoms with van der Waals surface area (Å²) in [4.78, 5) is 58.0. The molecule has 36 heavy (non-hydrogen) atoms. The lowest BCUT2D eigenvalue weighted by molar-refractivity contribution is -0.114. The fourth-order valence-electron chi connectivity index (χ4n) is 3.46. The maximum atomic E-state index is 13.8. The largest absolute Gasteiger partial charge is 0.332 e. The molecule has 0 aliphatic carbocycles. The van der Waals surface area contributed by atoms with Crippen LogP contribution < -0.4 is 21.9 Å². The predicted molar refractivity (Wildman–Crippen MR) is 136 cm³/mol. The van der Waals surface area contributed by atoms with Crippen LogP contribution in [0.2, 0.25) is 0 Å². The van der Waals surface area contributed by atoms with Crippen molar-refractivity contribution in [2.75, 3.05) is 16.4 Å². The molecule has 0 atom stereocenters. The summed E-state index contributed by atoms with van der Waals surface area (Å²) >= 11 is 0.997. The molecule has 0 saturated carbocycles. The zero-order chi connectivity index (χ0) is 26.0. The molecule has 0 unspecified atom stereocenters. The van der Waals surface area contributed by atoms with Crippen molar-refractivity contribution in [2.45, 2.75) is 11.9 Å². The minimum Gasteiger partial charge on any atom is -0.326 e. The molecule has 2 amide bonds. The number of benzene rings is 2. The van der Waals surface area contributed by atoms with E-state index in [2.05, 4.69) is 20.6 Å². The lowest BCUT2D eigenvalue weighted by Crippen LogP contribution is -2.37. The Balaban J connectivity index is 1.67. The fourth-order valence-corrected chi connectivity index (χ4v) is 4.28. The summed E-state index contributed by atoms with van der Waals surface area (Å²) in [5.41, 5.74) is 0.363. The van der Waals surface area contributed by atoms with Gasteiger partial charge in [-0.2, -0.15) is 0 Å². The van der Waals surface area contributed by atoms with E-state index in [1.807, 2.05) is 0 Å². The lowest BCUT2D eigenvalue weighted by Gasteiger charge is -2.12. The minimum absolute atomic E-state index is 0.0776. The number of fused-ring (bicyclic) bond motifs is 1. The fraction of sp³-hybridized carbons (Fsp3) is 0.167. The summed E-state index contributed by atoms with van der Waals surface area (Å²) in [5.74, 6) is -1.06. The van der Waals surface area contributed by atoms with Crippen LogP contribution in [-0.4, -0.2) is 36.7 Å². The van der Waals surface area contributed by atoms with E-state index in [1.54, 1.807) is 30.3 Å². The third kappa shape index (κ3) is 5.18. The Hall–Kier alpha value is -4.32. The number of carbonyl (C=O) groups is 2. The van der Waals surface area contributed by atoms with Gasteiger partial charge in [-0.3, -0.25) is 23.5 Å². The summed E-state index contributed by atoms with van der Waals surface area (Å²) in [6.45, 7) is 1.40. The third-order valence-corrected chi connectivity index (χ3v) is 6.15. The maximum Gasteiger partial charge on any atom is 0.332 e. The minimum atomic E-state index is -0.602. The standard InChI is InChI=1S/C24H21FN6O4S/c1-13(32)26-16-7-9-17(10-8-16)27-18(33)12-36-22-19-21(30(2)24(35)31(3)23(19)34)28-20(29-22)14-5-4-6-15(25)11-14/h4-11H,12H2,1-3H3,(H,26,32)(H,27,33). The number of nitrogens with one attached hydrogen (secondary N) is 2. The van der Waals surface area contributed by atoms with E-state index in [4.69, 9.17) is 0 Å². The number of aromatic nitrogens is 4. The van der Waals surface area contributed by atoms with E-state index in [1.165, 1.54) is 43.8 Å². The van der Waals surface area contributed by atoms with Gasteiger partial charge in [0.05, 0.1) is 5.75 Å². The molecule has 0 aliphatic heterocycles. The highest BCUT2D eigenvalue weighted by Crippen LogP contribution is 2.26. The van der Waals surface area contributed by atoms with Gasteiger partial charge in [-0.1, -0.05) is 23.9 Å². The molecule has 0 bridgehead atoms. The van der Waals surface area contributed by atoms with E-state index in [9.17, 15) is 23.6 Å². The van der Waals surface area contributed by atoms with Gasteiger partial charge in [-0.25, -0.2) is 19.2 Å². The molecular weight excluding hydrogens is 487 g/mol. The van der Waals surface area contributed by atoms with Crippen LogP contribution in [0.3, 0.4) is 0 Å². The van der Waals surface area contributed by atoms with Crippen LogP contribution in [0, 0.1) is 5.82 Å². The van der Waals surface area contributed by atoms with Gasteiger partial charge in [0.25, 0.3) is 5.56 Å². The Morgan fingerprint density at radius 3 is 2.28 bits per heavy atom. The van der Waals surface area contributed by atoms with E-state index in [0.29, 0.717) is 16.9 Å². The molecule has 0 aliphatic rings. The van der Waals surface area contributed by atoms with Crippen molar-refractivity contribution in [2.24, 2.45) is 14.1 Å². The number of amides is 2. The molecule has 0 fully saturated rings. The predicted octanol–water partition coefficient (Wildman–Crippen LogP) is 2.52. The smallest absolute Gasteiger partial charge is 0.326 e. The van der Waals surface area contributed by atoms with Crippen LogP contribution in [-0.2, 0) is 23.7 Å². The molecule has 0 radical (unpaired) electrons. The van der Waals surface area contributed by atoms with E-state index >= 15 is 0 Å². The first-order valence-corrected chi connectivity index (χ1v) is 11.7. The van der Waals surface area contributed by atoms with Crippen LogP contribution in [0.25, 0.3) is 22.4 Å². The molecular formula is C24H21FN6O4S. The van der Waals surface area contributed by atoms with Crippen LogP contribution in [0.1, 0.15) is 6.92 Å². The van der Waals surface area contributed by atoms with E-state index in [0.717, 1.165) is 16.3 Å². The molecule has 2 aromatic carbocycles. The SMILES string of the molecule is CC(=O)Nc1ccc(NC(=O)CSc2nc(-c3cccc(F)c3)nc3c2c(=O)n(C)c(=O)n3C)cc1. The number of anilines is 2. The molecule has 4 aromatic rings. The van der Waals surface area contributed by atoms with Gasteiger partial charge in [0.15, 0.2) is 11.5 Å². The number of rotatable bonds is 6. The first-order chi connectivity index (χ1) is 17.1. The number of hydrogen-bond donors (Lipinski definition) is 2. The second-order valence-corrected chi connectivity index (χ2v) is 8.83. The Bertz CT molecular complexity index is 1610. The average molecular weight is 509 g/mol. The number of halogens is 1. The Kier molecular flexibility index (Phi) is 6.97. The van der Waals surface area contributed by atoms with E-state index < -0.39 is 17.1 Å². The van der Waals surface area contributed by atoms with Gasteiger partial charge >= 0.3 is 5.69 Å².